The van der Waals surface area contributed by atoms with Crippen LogP contribution in [0.15, 0.2) is 46.6 Å². The van der Waals surface area contributed by atoms with Gasteiger partial charge in [-0.25, -0.2) is 0 Å². The van der Waals surface area contributed by atoms with E-state index in [1.165, 1.54) is 51.8 Å². The van der Waals surface area contributed by atoms with Gasteiger partial charge in [0.15, 0.2) is 0 Å². The standard InChI is InChI=1S/C9H11O.3C4H9.Sn/c1-2-3-4-5-6-7-8-9-10;3*1-3-4-2;/h1-8,10H,9H2;3*1,3-4H2,2H3;/b2-1?,4-3+,6-5+,8-7+;;;;. The van der Waals surface area contributed by atoms with Crippen LogP contribution in [0.1, 0.15) is 59.3 Å². The van der Waals surface area contributed by atoms with Crippen LogP contribution in [0, 0.1) is 0 Å². The van der Waals surface area contributed by atoms with Crippen LogP contribution in [0.5, 0.6) is 0 Å². The van der Waals surface area contributed by atoms with Crippen LogP contribution in [-0.4, -0.2) is 30.1 Å². The topological polar surface area (TPSA) is 20.2 Å². The summed E-state index contributed by atoms with van der Waals surface area (Å²) in [7, 11) is 0. The van der Waals surface area contributed by atoms with E-state index < -0.39 is 18.4 Å². The molecule has 0 aromatic heterocycles. The Morgan fingerprint density at radius 2 is 1.09 bits per heavy atom. The molecule has 0 saturated heterocycles. The predicted molar refractivity (Wildman–Crippen MR) is 109 cm³/mol. The first-order valence-electron chi connectivity index (χ1n) is 9.53. The fourth-order valence-electron chi connectivity index (χ4n) is 2.87. The number of aliphatic hydroxyl groups is 1. The second kappa shape index (κ2) is 16.6. The average Bonchev–Trinajstić information content (AvgIpc) is 2.58. The molecule has 0 saturated carbocycles. The van der Waals surface area contributed by atoms with Crippen molar-refractivity contribution in [3.63, 3.8) is 0 Å². The van der Waals surface area contributed by atoms with Gasteiger partial charge < -0.3 is 0 Å². The zero-order valence-corrected chi connectivity index (χ0v) is 18.5. The number of rotatable bonds is 14. The summed E-state index contributed by atoms with van der Waals surface area (Å²) in [6.45, 7) is 7.08. The van der Waals surface area contributed by atoms with E-state index in [9.17, 15) is 0 Å². The minimum atomic E-state index is -2.08. The number of allylic oxidation sites excluding steroid dienone is 6. The summed E-state index contributed by atoms with van der Waals surface area (Å²) in [5.41, 5.74) is 0. The third-order valence-electron chi connectivity index (χ3n) is 4.33. The summed E-state index contributed by atoms with van der Waals surface area (Å²) in [5, 5.41) is 8.67. The zero-order valence-electron chi connectivity index (χ0n) is 15.6. The molecule has 23 heavy (non-hydrogen) atoms. The van der Waals surface area contributed by atoms with E-state index in [0.717, 1.165) is 0 Å². The number of unbranched alkanes of at least 4 members (excludes halogenated alkanes) is 3. The van der Waals surface area contributed by atoms with Crippen molar-refractivity contribution in [2.75, 3.05) is 6.61 Å². The Bertz CT molecular complexity index is 344. The van der Waals surface area contributed by atoms with Gasteiger partial charge in [-0.2, -0.15) is 0 Å². The van der Waals surface area contributed by atoms with Gasteiger partial charge in [-0.3, -0.25) is 0 Å². The monoisotopic (exact) mass is 426 g/mol. The van der Waals surface area contributed by atoms with E-state index in [1.54, 1.807) is 6.08 Å². The molecule has 0 aromatic rings. The van der Waals surface area contributed by atoms with Crippen molar-refractivity contribution in [3.8, 4) is 0 Å². The van der Waals surface area contributed by atoms with Crippen LogP contribution in [0.4, 0.5) is 0 Å². The van der Waals surface area contributed by atoms with Crippen molar-refractivity contribution in [3.05, 3.63) is 46.6 Å². The average molecular weight is 425 g/mol. The second-order valence-electron chi connectivity index (χ2n) is 6.41. The number of aliphatic hydroxyl groups excluding tert-OH is 1. The molecule has 0 aliphatic heterocycles. The quantitative estimate of drug-likeness (QED) is 0.246. The van der Waals surface area contributed by atoms with Crippen molar-refractivity contribution in [2.24, 2.45) is 0 Å². The van der Waals surface area contributed by atoms with Gasteiger partial charge in [0.1, 0.15) is 0 Å². The van der Waals surface area contributed by atoms with Gasteiger partial charge in [-0.05, 0) is 0 Å². The van der Waals surface area contributed by atoms with Gasteiger partial charge in [0.25, 0.3) is 0 Å². The van der Waals surface area contributed by atoms with Gasteiger partial charge in [0.05, 0.1) is 0 Å². The number of hydrogen-bond donors (Lipinski definition) is 1. The van der Waals surface area contributed by atoms with Crippen molar-refractivity contribution in [1.29, 1.82) is 0 Å². The second-order valence-corrected chi connectivity index (χ2v) is 19.4. The molecule has 1 N–H and O–H groups in total. The molecule has 0 unspecified atom stereocenters. The molecule has 2 heteroatoms. The maximum atomic E-state index is 8.67. The van der Waals surface area contributed by atoms with E-state index >= 15 is 0 Å². The van der Waals surface area contributed by atoms with E-state index in [0.29, 0.717) is 0 Å². The van der Waals surface area contributed by atoms with Gasteiger partial charge in [0.2, 0.25) is 0 Å². The summed E-state index contributed by atoms with van der Waals surface area (Å²) < 4.78 is 7.28. The SMILES string of the molecule is CCC[CH2][Sn](/[CH]=C/C=C/C=C/C=C/CO)([CH2]CCC)[CH2]CCC. The first kappa shape index (κ1) is 22.7. The Kier molecular flexibility index (Phi) is 16.4. The summed E-state index contributed by atoms with van der Waals surface area (Å²) >= 11 is -2.08. The zero-order chi connectivity index (χ0) is 17.2. The van der Waals surface area contributed by atoms with E-state index in [2.05, 4.69) is 43.1 Å². The molecule has 132 valence electrons. The predicted octanol–water partition coefficient (Wildman–Crippen LogP) is 6.59. The summed E-state index contributed by atoms with van der Waals surface area (Å²) in [6, 6.07) is 0. The summed E-state index contributed by atoms with van der Waals surface area (Å²) in [5.74, 6) is 0. The molecule has 0 aliphatic rings. The molecule has 0 radical (unpaired) electrons. The van der Waals surface area contributed by atoms with Crippen LogP contribution < -0.4 is 0 Å². The molecule has 0 heterocycles. The van der Waals surface area contributed by atoms with Crippen LogP contribution in [0.25, 0.3) is 0 Å². The summed E-state index contributed by atoms with van der Waals surface area (Å²) in [4.78, 5) is 0. The Balaban J connectivity index is 4.78. The van der Waals surface area contributed by atoms with Crippen LogP contribution >= 0.6 is 0 Å². The molecule has 0 rings (SSSR count). The van der Waals surface area contributed by atoms with Gasteiger partial charge >= 0.3 is 149 Å². The van der Waals surface area contributed by atoms with Gasteiger partial charge in [-0.15, -0.1) is 0 Å². The van der Waals surface area contributed by atoms with Gasteiger partial charge in [0, 0.05) is 0 Å². The molecule has 0 fully saturated rings. The van der Waals surface area contributed by atoms with Crippen LogP contribution in [0.2, 0.25) is 13.3 Å². The van der Waals surface area contributed by atoms with Crippen LogP contribution in [-0.2, 0) is 0 Å². The minimum absolute atomic E-state index is 0.108. The third kappa shape index (κ3) is 12.8. The molecule has 0 atom stereocenters. The Morgan fingerprint density at radius 3 is 1.52 bits per heavy atom. The molecule has 1 nitrogen and oxygen atoms in total. The Labute approximate surface area is 149 Å². The molecule has 0 amide bonds. The molecule has 0 spiro atoms. The van der Waals surface area contributed by atoms with Crippen molar-refractivity contribution in [1.82, 2.24) is 0 Å². The Morgan fingerprint density at radius 1 is 0.652 bits per heavy atom. The van der Waals surface area contributed by atoms with Gasteiger partial charge in [-0.1, -0.05) is 0 Å². The summed E-state index contributed by atoms with van der Waals surface area (Å²) in [6.07, 6.45) is 22.5. The van der Waals surface area contributed by atoms with Crippen molar-refractivity contribution >= 4 is 18.4 Å². The molecular weight excluding hydrogens is 387 g/mol. The first-order valence-corrected chi connectivity index (χ1v) is 17.2. The van der Waals surface area contributed by atoms with E-state index in [1.807, 2.05) is 18.2 Å². The molecule has 0 aromatic carbocycles. The van der Waals surface area contributed by atoms with Crippen molar-refractivity contribution in [2.45, 2.75) is 72.6 Å². The van der Waals surface area contributed by atoms with E-state index in [4.69, 9.17) is 5.11 Å². The molecular formula is C21H38OSn. The van der Waals surface area contributed by atoms with E-state index in [-0.39, 0.29) is 6.61 Å². The fraction of sp³-hybridized carbons (Fsp3) is 0.619. The van der Waals surface area contributed by atoms with Crippen molar-refractivity contribution < 1.29 is 5.11 Å². The third-order valence-corrected chi connectivity index (χ3v) is 18.5. The normalized spacial score (nSPS) is 13.4. The maximum absolute atomic E-state index is 8.67. The molecule has 0 aliphatic carbocycles. The van der Waals surface area contributed by atoms with Crippen LogP contribution in [0.3, 0.4) is 0 Å². The first-order chi connectivity index (χ1) is 11.2. The Hall–Kier alpha value is -0.281. The molecule has 0 bridgehead atoms. The number of hydrogen-bond acceptors (Lipinski definition) is 1. The fourth-order valence-corrected chi connectivity index (χ4v) is 17.0.